The zero-order chi connectivity index (χ0) is 54.1. The van der Waals surface area contributed by atoms with Crippen LogP contribution in [0.25, 0.3) is 0 Å². The molecule has 0 aliphatic heterocycles. The number of esters is 3. The van der Waals surface area contributed by atoms with E-state index in [1.54, 1.807) is 0 Å². The minimum absolute atomic E-state index is 0.169. The highest BCUT2D eigenvalue weighted by Crippen LogP contribution is 2.43. The first-order valence-corrected chi connectivity index (χ1v) is 32.4. The van der Waals surface area contributed by atoms with Crippen molar-refractivity contribution in [1.82, 2.24) is 0 Å². The minimum atomic E-state index is -4.75. The molecule has 0 rings (SSSR count). The average molecular weight is 1070 g/mol. The van der Waals surface area contributed by atoms with Gasteiger partial charge in [0, 0.05) is 19.3 Å². The molecule has 0 aliphatic carbocycles. The quantitative estimate of drug-likeness (QED) is 0.0197. The van der Waals surface area contributed by atoms with Crippen molar-refractivity contribution < 1.29 is 52.2 Å². The maximum absolute atomic E-state index is 12.9. The third kappa shape index (κ3) is 54.5. The van der Waals surface area contributed by atoms with Crippen molar-refractivity contribution in [3.8, 4) is 0 Å². The van der Waals surface area contributed by atoms with Gasteiger partial charge in [0.2, 0.25) is 0 Å². The van der Waals surface area contributed by atoms with Crippen LogP contribution < -0.4 is 0 Å². The molecule has 0 spiro atoms. The van der Waals surface area contributed by atoms with E-state index in [9.17, 15) is 28.9 Å². The maximum atomic E-state index is 12.9. The second-order valence-corrected chi connectivity index (χ2v) is 22.3. The van der Waals surface area contributed by atoms with E-state index < -0.39 is 57.8 Å². The summed E-state index contributed by atoms with van der Waals surface area (Å²) in [5.74, 6) is -1.46. The molecule has 0 aromatic carbocycles. The summed E-state index contributed by atoms with van der Waals surface area (Å²) in [6.07, 6.45) is 59.6. The van der Waals surface area contributed by atoms with Crippen molar-refractivity contribution in [1.29, 1.82) is 0 Å². The number of allylic oxidation sites excluding steroid dienone is 6. The van der Waals surface area contributed by atoms with Crippen LogP contribution in [0.4, 0.5) is 0 Å². The van der Waals surface area contributed by atoms with E-state index in [0.717, 1.165) is 89.9 Å². The van der Waals surface area contributed by atoms with Crippen LogP contribution in [0.3, 0.4) is 0 Å². The number of rotatable bonds is 58. The molecule has 0 saturated heterocycles. The second kappa shape index (κ2) is 56.9. The number of carbonyl (C=O) groups excluding carboxylic acids is 3. The van der Waals surface area contributed by atoms with Gasteiger partial charge in [-0.25, -0.2) is 4.57 Å². The Labute approximate surface area is 454 Å². The molecule has 12 heteroatoms. The van der Waals surface area contributed by atoms with Crippen molar-refractivity contribution in [2.45, 2.75) is 315 Å². The van der Waals surface area contributed by atoms with Gasteiger partial charge >= 0.3 is 25.7 Å². The van der Waals surface area contributed by atoms with Gasteiger partial charge in [-0.15, -0.1) is 0 Å². The van der Waals surface area contributed by atoms with Crippen LogP contribution in [0.15, 0.2) is 36.5 Å². The fourth-order valence-electron chi connectivity index (χ4n) is 8.78. The SMILES string of the molecule is CCCC/C=C\CCCCCCCC(=O)OC(CO)COP(=O)(O)OCC(COC(=O)CCCCCCCCC/C=C\C/C=C\CCCCC)OC(=O)CCCCCCCCCCCCCCCCCCCCC. The zero-order valence-corrected chi connectivity index (χ0v) is 49.0. The predicted octanol–water partition coefficient (Wildman–Crippen LogP) is 18.4. The number of unbranched alkanes of at least 4 members (excludes halogenated alkanes) is 35. The summed E-state index contributed by atoms with van der Waals surface area (Å²) in [5.41, 5.74) is 0. The van der Waals surface area contributed by atoms with E-state index in [-0.39, 0.29) is 25.9 Å². The number of phosphoric acid groups is 1. The highest BCUT2D eigenvalue weighted by atomic mass is 31.2. The number of hydrogen-bond acceptors (Lipinski definition) is 10. The van der Waals surface area contributed by atoms with Gasteiger partial charge in [0.15, 0.2) is 6.10 Å². The zero-order valence-electron chi connectivity index (χ0n) is 48.1. The molecule has 0 heterocycles. The molecule has 74 heavy (non-hydrogen) atoms. The lowest BCUT2D eigenvalue weighted by Gasteiger charge is -2.21. The van der Waals surface area contributed by atoms with Crippen molar-refractivity contribution >= 4 is 25.7 Å². The standard InChI is InChI=1S/C62H115O11P/c1-4-7-10-13-16-19-22-24-26-28-29-31-33-35-38-41-44-47-50-53-62(66)73-59(55-69-60(64)51-48-45-42-39-37-34-32-30-27-25-23-20-17-14-11-8-5-2)57-71-74(67,68)70-56-58(54-63)72-61(65)52-49-46-43-40-36-21-18-15-12-9-6-3/h15,17-18,20,25,27,58-59,63H,4-14,16,19,21-24,26,28-57H2,1-3H3,(H,67,68)/b18-15-,20-17-,27-25-. The summed E-state index contributed by atoms with van der Waals surface area (Å²) >= 11 is 0. The minimum Gasteiger partial charge on any atom is -0.462 e. The van der Waals surface area contributed by atoms with Gasteiger partial charge in [0.25, 0.3) is 0 Å². The molecule has 0 aromatic heterocycles. The van der Waals surface area contributed by atoms with Crippen LogP contribution in [0.5, 0.6) is 0 Å². The number of aliphatic hydroxyl groups is 1. The maximum Gasteiger partial charge on any atom is 0.472 e. The smallest absolute Gasteiger partial charge is 0.462 e. The Morgan fingerprint density at radius 2 is 0.676 bits per heavy atom. The largest absolute Gasteiger partial charge is 0.472 e. The molecule has 0 amide bonds. The molecule has 0 bridgehead atoms. The van der Waals surface area contributed by atoms with E-state index in [1.165, 1.54) is 154 Å². The van der Waals surface area contributed by atoms with Crippen LogP contribution in [-0.4, -0.2) is 66.5 Å². The van der Waals surface area contributed by atoms with Gasteiger partial charge in [-0.3, -0.25) is 23.4 Å². The molecular formula is C62H115O11P. The Morgan fingerprint density at radius 3 is 1.08 bits per heavy atom. The van der Waals surface area contributed by atoms with Crippen molar-refractivity contribution in [2.75, 3.05) is 26.4 Å². The van der Waals surface area contributed by atoms with Crippen molar-refractivity contribution in [2.24, 2.45) is 0 Å². The third-order valence-electron chi connectivity index (χ3n) is 13.5. The molecule has 2 N–H and O–H groups in total. The topological polar surface area (TPSA) is 155 Å². The number of hydrogen-bond donors (Lipinski definition) is 2. The summed E-state index contributed by atoms with van der Waals surface area (Å²) in [5, 5.41) is 9.80. The van der Waals surface area contributed by atoms with E-state index in [0.29, 0.717) is 19.3 Å². The third-order valence-corrected chi connectivity index (χ3v) is 14.5. The van der Waals surface area contributed by atoms with Gasteiger partial charge in [-0.05, 0) is 70.6 Å². The fraction of sp³-hybridized carbons (Fsp3) is 0.855. The summed E-state index contributed by atoms with van der Waals surface area (Å²) < 4.78 is 39.6. The molecule has 3 atom stereocenters. The van der Waals surface area contributed by atoms with Gasteiger partial charge in [-0.2, -0.15) is 0 Å². The van der Waals surface area contributed by atoms with Crippen LogP contribution in [-0.2, 0) is 42.2 Å². The van der Waals surface area contributed by atoms with E-state index >= 15 is 0 Å². The summed E-state index contributed by atoms with van der Waals surface area (Å²) in [6, 6.07) is 0. The molecule has 3 unspecified atom stereocenters. The van der Waals surface area contributed by atoms with Crippen LogP contribution in [0.1, 0.15) is 303 Å². The Bertz CT molecular complexity index is 1380. The molecule has 11 nitrogen and oxygen atoms in total. The number of phosphoric ester groups is 1. The van der Waals surface area contributed by atoms with Gasteiger partial charge < -0.3 is 24.2 Å². The van der Waals surface area contributed by atoms with Crippen molar-refractivity contribution in [3.05, 3.63) is 36.5 Å². The Hall–Kier alpha value is -2.30. The van der Waals surface area contributed by atoms with Crippen LogP contribution in [0.2, 0.25) is 0 Å². The summed E-state index contributed by atoms with van der Waals surface area (Å²) in [6.45, 7) is 4.62. The molecule has 0 aliphatic rings. The summed E-state index contributed by atoms with van der Waals surface area (Å²) in [4.78, 5) is 48.6. The number of aliphatic hydroxyl groups excluding tert-OH is 1. The lowest BCUT2D eigenvalue weighted by Crippen LogP contribution is -2.30. The predicted molar refractivity (Wildman–Crippen MR) is 307 cm³/mol. The Balaban J connectivity index is 4.68. The highest BCUT2D eigenvalue weighted by molar-refractivity contribution is 7.47. The fourth-order valence-corrected chi connectivity index (χ4v) is 9.57. The first-order chi connectivity index (χ1) is 36.2. The molecule has 0 saturated carbocycles. The van der Waals surface area contributed by atoms with E-state index in [2.05, 4.69) is 57.2 Å². The molecule has 0 radical (unpaired) electrons. The van der Waals surface area contributed by atoms with Crippen molar-refractivity contribution in [3.63, 3.8) is 0 Å². The highest BCUT2D eigenvalue weighted by Gasteiger charge is 2.28. The monoisotopic (exact) mass is 1070 g/mol. The lowest BCUT2D eigenvalue weighted by molar-refractivity contribution is -0.161. The Kier molecular flexibility index (Phi) is 55.1. The van der Waals surface area contributed by atoms with Gasteiger partial charge in [0.05, 0.1) is 19.8 Å². The first-order valence-electron chi connectivity index (χ1n) is 30.9. The Morgan fingerprint density at radius 1 is 0.378 bits per heavy atom. The molecular weight excluding hydrogens is 952 g/mol. The molecule has 0 aromatic rings. The number of carbonyl (C=O) groups is 3. The number of ether oxygens (including phenoxy) is 3. The molecule has 434 valence electrons. The van der Waals surface area contributed by atoms with Crippen LogP contribution >= 0.6 is 7.82 Å². The normalized spacial score (nSPS) is 13.5. The summed E-state index contributed by atoms with van der Waals surface area (Å²) in [7, 11) is -4.75. The lowest BCUT2D eigenvalue weighted by atomic mass is 10.0. The van der Waals surface area contributed by atoms with Crippen LogP contribution in [0, 0.1) is 0 Å². The van der Waals surface area contributed by atoms with E-state index in [1.807, 2.05) is 0 Å². The van der Waals surface area contributed by atoms with Gasteiger partial charge in [-0.1, -0.05) is 250 Å². The average Bonchev–Trinajstić information content (AvgIpc) is 3.39. The first kappa shape index (κ1) is 71.7. The second-order valence-electron chi connectivity index (χ2n) is 20.9. The van der Waals surface area contributed by atoms with Gasteiger partial charge in [0.1, 0.15) is 12.7 Å². The van der Waals surface area contributed by atoms with E-state index in [4.69, 9.17) is 23.3 Å². The molecule has 0 fully saturated rings.